The highest BCUT2D eigenvalue weighted by Gasteiger charge is 2.54. The Morgan fingerprint density at radius 3 is 3.00 bits per heavy atom. The minimum absolute atomic E-state index is 0.0212. The van der Waals surface area contributed by atoms with Crippen LogP contribution >= 0.6 is 19.6 Å². The first kappa shape index (κ1) is 16.9. The van der Waals surface area contributed by atoms with Crippen LogP contribution in [0, 0.1) is 0 Å². The van der Waals surface area contributed by atoms with Crippen molar-refractivity contribution in [2.75, 3.05) is 12.3 Å². The highest BCUT2D eigenvalue weighted by molar-refractivity contribution is 8.00. The second kappa shape index (κ2) is 6.18. The van der Waals surface area contributed by atoms with Gasteiger partial charge in [0.1, 0.15) is 17.3 Å². The molecular formula is C12H17FN3O5PS. The van der Waals surface area contributed by atoms with E-state index in [4.69, 9.17) is 19.3 Å². The Morgan fingerprint density at radius 1 is 1.61 bits per heavy atom. The molecular weight excluding hydrogens is 348 g/mol. The predicted octanol–water partition coefficient (Wildman–Crippen LogP) is 1.73. The van der Waals surface area contributed by atoms with E-state index >= 15 is 0 Å². The zero-order chi connectivity index (χ0) is 16.8. The minimum Gasteiger partial charge on any atom is -0.383 e. The number of nitrogens with zero attached hydrogens (tertiary/aromatic N) is 2. The van der Waals surface area contributed by atoms with Gasteiger partial charge < -0.3 is 5.73 Å². The highest BCUT2D eigenvalue weighted by Crippen LogP contribution is 2.60. The Morgan fingerprint density at radius 2 is 2.35 bits per heavy atom. The molecule has 2 fully saturated rings. The maximum Gasteiger partial charge on any atom is 0.475 e. The number of anilines is 1. The Hall–Kier alpha value is -0.930. The number of aromatic nitrogens is 2. The molecule has 128 valence electrons. The number of nitrogens with two attached hydrogens (primary N) is 1. The zero-order valence-corrected chi connectivity index (χ0v) is 14.2. The first-order valence-electron chi connectivity index (χ1n) is 7.04. The van der Waals surface area contributed by atoms with Gasteiger partial charge in [0.25, 0.3) is 0 Å². The molecule has 1 unspecified atom stereocenters. The van der Waals surface area contributed by atoms with Gasteiger partial charge in [-0.25, -0.2) is 13.8 Å². The van der Waals surface area contributed by atoms with E-state index in [1.807, 2.05) is 0 Å². The van der Waals surface area contributed by atoms with Crippen LogP contribution in [0.15, 0.2) is 17.1 Å². The summed E-state index contributed by atoms with van der Waals surface area (Å²) in [4.78, 5) is 15.5. The van der Waals surface area contributed by atoms with E-state index in [1.54, 1.807) is 13.8 Å². The fourth-order valence-electron chi connectivity index (χ4n) is 2.46. The molecule has 0 aliphatic carbocycles. The van der Waals surface area contributed by atoms with E-state index < -0.39 is 36.4 Å². The van der Waals surface area contributed by atoms with Crippen LogP contribution in [-0.2, 0) is 18.1 Å². The van der Waals surface area contributed by atoms with Crippen molar-refractivity contribution in [3.8, 4) is 0 Å². The summed E-state index contributed by atoms with van der Waals surface area (Å²) in [5.41, 5.74) is 4.79. The first-order valence-corrected chi connectivity index (χ1v) is 9.45. The third kappa shape index (κ3) is 3.32. The Kier molecular flexibility index (Phi) is 4.54. The number of thioether (sulfide) groups is 1. The summed E-state index contributed by atoms with van der Waals surface area (Å²) in [5.74, 6) is 0.0662. The second-order valence-electron chi connectivity index (χ2n) is 5.52. The van der Waals surface area contributed by atoms with Gasteiger partial charge in [-0.3, -0.25) is 18.1 Å². The van der Waals surface area contributed by atoms with Crippen LogP contribution in [0.25, 0.3) is 0 Å². The number of nitrogen functional groups attached to an aromatic ring is 1. The van der Waals surface area contributed by atoms with Crippen molar-refractivity contribution in [3.63, 3.8) is 0 Å². The maximum atomic E-state index is 14.8. The third-order valence-corrected chi connectivity index (χ3v) is 6.55. The third-order valence-electron chi connectivity index (χ3n) is 3.38. The van der Waals surface area contributed by atoms with Crippen molar-refractivity contribution in [2.45, 2.75) is 42.9 Å². The van der Waals surface area contributed by atoms with Gasteiger partial charge in [0, 0.05) is 6.20 Å². The molecule has 23 heavy (non-hydrogen) atoms. The van der Waals surface area contributed by atoms with Crippen molar-refractivity contribution in [2.24, 2.45) is 0 Å². The molecule has 0 saturated carbocycles. The average Bonchev–Trinajstić information content (AvgIpc) is 2.75. The number of phosphoric acid groups is 1. The molecule has 1 aromatic heterocycles. The molecule has 2 aliphatic heterocycles. The SMILES string of the molecule is CC(C)OP1(=O)OC[C@H]2S[C@@H](n3ccc(N)nc3=O)[C@@H](F)[C@@H]2O1. The smallest absolute Gasteiger partial charge is 0.383 e. The van der Waals surface area contributed by atoms with Crippen molar-refractivity contribution in [3.05, 3.63) is 22.7 Å². The number of fused-ring (bicyclic) bond motifs is 1. The fraction of sp³-hybridized carbons (Fsp3) is 0.667. The summed E-state index contributed by atoms with van der Waals surface area (Å²) < 4.78 is 43.9. The van der Waals surface area contributed by atoms with Crippen LogP contribution in [0.1, 0.15) is 19.2 Å². The molecule has 0 aromatic carbocycles. The summed E-state index contributed by atoms with van der Waals surface area (Å²) >= 11 is 1.18. The molecule has 11 heteroatoms. The topological polar surface area (TPSA) is 106 Å². The summed E-state index contributed by atoms with van der Waals surface area (Å²) in [5, 5.41) is -1.24. The number of rotatable bonds is 3. The quantitative estimate of drug-likeness (QED) is 0.807. The lowest BCUT2D eigenvalue weighted by Gasteiger charge is -2.31. The maximum absolute atomic E-state index is 14.8. The van der Waals surface area contributed by atoms with Crippen molar-refractivity contribution < 1.29 is 22.5 Å². The Bertz CT molecular complexity index is 702. The fourth-order valence-corrected chi connectivity index (χ4v) is 5.69. The van der Waals surface area contributed by atoms with E-state index in [0.717, 1.165) is 4.57 Å². The van der Waals surface area contributed by atoms with E-state index in [0.29, 0.717) is 0 Å². The van der Waals surface area contributed by atoms with Crippen molar-refractivity contribution in [1.29, 1.82) is 0 Å². The molecule has 2 aliphatic rings. The normalized spacial score (nSPS) is 37.0. The molecule has 3 heterocycles. The molecule has 1 aromatic rings. The monoisotopic (exact) mass is 365 g/mol. The standard InChI is InChI=1S/C12H17FN3O5PS/c1-6(2)20-22(18)19-5-7-10(21-22)9(13)11(23-7)16-4-3-8(14)15-12(16)17/h3-4,6-7,9-11H,5H2,1-2H3,(H2,14,15,17)/t7-,9+,10-,11-,22?/m1/s1. The van der Waals surface area contributed by atoms with Crippen LogP contribution in [0.2, 0.25) is 0 Å². The number of hydrogen-bond acceptors (Lipinski definition) is 8. The molecule has 3 rings (SSSR count). The molecule has 5 atom stereocenters. The van der Waals surface area contributed by atoms with Gasteiger partial charge in [-0.15, -0.1) is 11.8 Å². The molecule has 2 N–H and O–H groups in total. The second-order valence-corrected chi connectivity index (χ2v) is 8.45. The van der Waals surface area contributed by atoms with Crippen LogP contribution in [-0.4, -0.2) is 39.8 Å². The molecule has 0 bridgehead atoms. The van der Waals surface area contributed by atoms with Crippen LogP contribution in [0.4, 0.5) is 10.2 Å². The summed E-state index contributed by atoms with van der Waals surface area (Å²) in [7, 11) is -3.79. The zero-order valence-electron chi connectivity index (χ0n) is 12.5. The Balaban J connectivity index is 1.82. The number of alkyl halides is 1. The van der Waals surface area contributed by atoms with Crippen molar-refractivity contribution >= 4 is 25.4 Å². The minimum atomic E-state index is -3.79. The summed E-state index contributed by atoms with van der Waals surface area (Å²) in [6.45, 7) is 3.38. The van der Waals surface area contributed by atoms with Crippen molar-refractivity contribution in [1.82, 2.24) is 9.55 Å². The van der Waals surface area contributed by atoms with Gasteiger partial charge in [0.15, 0.2) is 6.17 Å². The van der Waals surface area contributed by atoms with E-state index in [-0.39, 0.29) is 18.5 Å². The number of hydrogen-bond donors (Lipinski definition) is 1. The van der Waals surface area contributed by atoms with Gasteiger partial charge in [0.05, 0.1) is 18.0 Å². The Labute approximate surface area is 136 Å². The van der Waals surface area contributed by atoms with Gasteiger partial charge >= 0.3 is 13.5 Å². The van der Waals surface area contributed by atoms with Gasteiger partial charge in [-0.2, -0.15) is 4.98 Å². The number of phosphoric ester groups is 1. The summed E-state index contributed by atoms with van der Waals surface area (Å²) in [6.07, 6.45) is -1.53. The van der Waals surface area contributed by atoms with Crippen LogP contribution in [0.3, 0.4) is 0 Å². The largest absolute Gasteiger partial charge is 0.475 e. The predicted molar refractivity (Wildman–Crippen MR) is 82.9 cm³/mol. The molecule has 0 spiro atoms. The van der Waals surface area contributed by atoms with Crippen LogP contribution in [0.5, 0.6) is 0 Å². The molecule has 0 amide bonds. The lowest BCUT2D eigenvalue weighted by Crippen LogP contribution is -2.38. The lowest BCUT2D eigenvalue weighted by molar-refractivity contribution is -0.00708. The average molecular weight is 365 g/mol. The first-order chi connectivity index (χ1) is 10.8. The van der Waals surface area contributed by atoms with E-state index in [1.165, 1.54) is 24.0 Å². The highest BCUT2D eigenvalue weighted by atomic mass is 32.2. The number of halogens is 1. The van der Waals surface area contributed by atoms with Crippen LogP contribution < -0.4 is 11.4 Å². The molecule has 2 saturated heterocycles. The summed E-state index contributed by atoms with van der Waals surface area (Å²) in [6, 6.07) is 1.42. The van der Waals surface area contributed by atoms with E-state index in [2.05, 4.69) is 4.98 Å². The van der Waals surface area contributed by atoms with E-state index in [9.17, 15) is 13.8 Å². The molecule has 8 nitrogen and oxygen atoms in total. The van der Waals surface area contributed by atoms with Gasteiger partial charge in [-0.05, 0) is 19.9 Å². The van der Waals surface area contributed by atoms with Gasteiger partial charge in [-0.1, -0.05) is 0 Å². The lowest BCUT2D eigenvalue weighted by atomic mass is 10.1. The van der Waals surface area contributed by atoms with Gasteiger partial charge in [0.2, 0.25) is 0 Å². The molecule has 0 radical (unpaired) electrons.